The largest absolute Gasteiger partial charge is 0.490 e. The van der Waals surface area contributed by atoms with Crippen LogP contribution in [-0.4, -0.2) is 24.1 Å². The number of hydrogen-bond acceptors (Lipinski definition) is 5. The molecule has 0 bridgehead atoms. The van der Waals surface area contributed by atoms with E-state index in [-0.39, 0.29) is 5.91 Å². The molecule has 0 radical (unpaired) electrons. The van der Waals surface area contributed by atoms with Gasteiger partial charge in [0, 0.05) is 16.8 Å². The van der Waals surface area contributed by atoms with Crippen molar-refractivity contribution in [1.82, 2.24) is 4.98 Å². The first kappa shape index (κ1) is 17.5. The zero-order chi connectivity index (χ0) is 18.4. The van der Waals surface area contributed by atoms with Crippen molar-refractivity contribution in [2.24, 2.45) is 0 Å². The molecule has 1 N–H and O–H groups in total. The van der Waals surface area contributed by atoms with Gasteiger partial charge < -0.3 is 19.2 Å². The Bertz CT molecular complexity index is 875. The molecule has 1 aromatic heterocycles. The third-order valence-corrected chi connectivity index (χ3v) is 3.64. The maximum absolute atomic E-state index is 12.6. The molecule has 0 aliphatic carbocycles. The van der Waals surface area contributed by atoms with Crippen LogP contribution in [0, 0.1) is 0 Å². The van der Waals surface area contributed by atoms with Crippen LogP contribution in [0.4, 0.5) is 5.69 Å². The molecule has 6 heteroatoms. The monoisotopic (exact) mass is 352 g/mol. The van der Waals surface area contributed by atoms with E-state index in [1.165, 1.54) is 6.39 Å². The standard InChI is InChI=1S/C20H20N2O4/c1-3-24-17-9-8-15(11-18(17)25-4-2)20(23)22-16-7-5-6-14(10-16)19-12-21-13-26-19/h5-13H,3-4H2,1-2H3,(H,22,23). The second kappa shape index (κ2) is 8.20. The van der Waals surface area contributed by atoms with Gasteiger partial charge >= 0.3 is 0 Å². The van der Waals surface area contributed by atoms with Crippen molar-refractivity contribution in [3.8, 4) is 22.8 Å². The summed E-state index contributed by atoms with van der Waals surface area (Å²) >= 11 is 0. The summed E-state index contributed by atoms with van der Waals surface area (Å²) < 4.78 is 16.4. The number of nitrogens with zero attached hydrogens (tertiary/aromatic N) is 1. The first-order valence-corrected chi connectivity index (χ1v) is 8.41. The molecule has 6 nitrogen and oxygen atoms in total. The van der Waals surface area contributed by atoms with E-state index in [0.717, 1.165) is 5.56 Å². The highest BCUT2D eigenvalue weighted by Crippen LogP contribution is 2.29. The van der Waals surface area contributed by atoms with Crippen LogP contribution in [0.25, 0.3) is 11.3 Å². The Balaban J connectivity index is 1.79. The van der Waals surface area contributed by atoms with Gasteiger partial charge in [-0.1, -0.05) is 12.1 Å². The zero-order valence-corrected chi connectivity index (χ0v) is 14.7. The SMILES string of the molecule is CCOc1ccc(C(=O)Nc2cccc(-c3cnco3)c2)cc1OCC. The van der Waals surface area contributed by atoms with Gasteiger partial charge in [0.25, 0.3) is 5.91 Å². The highest BCUT2D eigenvalue weighted by Gasteiger charge is 2.12. The van der Waals surface area contributed by atoms with E-state index in [1.807, 2.05) is 38.1 Å². The molecule has 0 unspecified atom stereocenters. The van der Waals surface area contributed by atoms with Crippen molar-refractivity contribution in [2.45, 2.75) is 13.8 Å². The summed E-state index contributed by atoms with van der Waals surface area (Å²) in [6.45, 7) is 4.81. The number of carbonyl (C=O) groups is 1. The van der Waals surface area contributed by atoms with Crippen molar-refractivity contribution >= 4 is 11.6 Å². The van der Waals surface area contributed by atoms with E-state index in [0.29, 0.717) is 41.7 Å². The smallest absolute Gasteiger partial charge is 0.255 e. The highest BCUT2D eigenvalue weighted by atomic mass is 16.5. The fourth-order valence-corrected chi connectivity index (χ4v) is 2.50. The van der Waals surface area contributed by atoms with Gasteiger partial charge in [-0.25, -0.2) is 4.98 Å². The number of carbonyl (C=O) groups excluding carboxylic acids is 1. The molecule has 0 spiro atoms. The summed E-state index contributed by atoms with van der Waals surface area (Å²) in [5.41, 5.74) is 1.99. The molecule has 26 heavy (non-hydrogen) atoms. The molecular formula is C20H20N2O4. The lowest BCUT2D eigenvalue weighted by atomic mass is 10.1. The fourth-order valence-electron chi connectivity index (χ4n) is 2.50. The van der Waals surface area contributed by atoms with Gasteiger partial charge in [-0.3, -0.25) is 4.79 Å². The lowest BCUT2D eigenvalue weighted by molar-refractivity contribution is 0.102. The maximum atomic E-state index is 12.6. The van der Waals surface area contributed by atoms with Crippen LogP contribution >= 0.6 is 0 Å². The molecule has 0 fully saturated rings. The molecule has 0 saturated heterocycles. The molecule has 1 heterocycles. The third kappa shape index (κ3) is 4.03. The normalized spacial score (nSPS) is 10.4. The molecule has 134 valence electrons. The first-order valence-electron chi connectivity index (χ1n) is 8.41. The molecule has 3 rings (SSSR count). The van der Waals surface area contributed by atoms with Crippen LogP contribution in [0.1, 0.15) is 24.2 Å². The number of aromatic nitrogens is 1. The Kier molecular flexibility index (Phi) is 5.53. The summed E-state index contributed by atoms with van der Waals surface area (Å²) in [6.07, 6.45) is 3.00. The molecular weight excluding hydrogens is 332 g/mol. The number of anilines is 1. The minimum Gasteiger partial charge on any atom is -0.490 e. The second-order valence-electron chi connectivity index (χ2n) is 5.43. The van der Waals surface area contributed by atoms with E-state index in [1.54, 1.807) is 24.4 Å². The van der Waals surface area contributed by atoms with Crippen LogP contribution in [0.2, 0.25) is 0 Å². The van der Waals surface area contributed by atoms with Crippen molar-refractivity contribution in [1.29, 1.82) is 0 Å². The fraction of sp³-hybridized carbons (Fsp3) is 0.200. The quantitative estimate of drug-likeness (QED) is 0.682. The van der Waals surface area contributed by atoms with E-state index in [2.05, 4.69) is 10.3 Å². The second-order valence-corrected chi connectivity index (χ2v) is 5.43. The van der Waals surface area contributed by atoms with Gasteiger partial charge in [-0.15, -0.1) is 0 Å². The number of ether oxygens (including phenoxy) is 2. The molecule has 2 aromatic carbocycles. The topological polar surface area (TPSA) is 73.6 Å². The number of benzene rings is 2. The summed E-state index contributed by atoms with van der Waals surface area (Å²) in [7, 11) is 0. The Hall–Kier alpha value is -3.28. The molecule has 3 aromatic rings. The predicted molar refractivity (Wildman–Crippen MR) is 98.7 cm³/mol. The van der Waals surface area contributed by atoms with Gasteiger partial charge in [0.1, 0.15) is 0 Å². The molecule has 0 saturated carbocycles. The molecule has 0 atom stereocenters. The van der Waals surface area contributed by atoms with Gasteiger partial charge in [0.15, 0.2) is 23.7 Å². The van der Waals surface area contributed by atoms with Crippen LogP contribution in [0.5, 0.6) is 11.5 Å². The number of nitrogens with one attached hydrogen (secondary N) is 1. The van der Waals surface area contributed by atoms with Crippen molar-refractivity contribution in [3.63, 3.8) is 0 Å². The predicted octanol–water partition coefficient (Wildman–Crippen LogP) is 4.39. The number of rotatable bonds is 7. The Morgan fingerprint density at radius 2 is 1.88 bits per heavy atom. The van der Waals surface area contributed by atoms with Gasteiger partial charge in [0.2, 0.25) is 0 Å². The molecule has 1 amide bonds. The lowest BCUT2D eigenvalue weighted by Crippen LogP contribution is -2.12. The summed E-state index contributed by atoms with van der Waals surface area (Å²) in [5.74, 6) is 1.58. The van der Waals surface area contributed by atoms with Gasteiger partial charge in [-0.2, -0.15) is 0 Å². The van der Waals surface area contributed by atoms with E-state index in [4.69, 9.17) is 13.9 Å². The number of oxazole rings is 1. The summed E-state index contributed by atoms with van der Waals surface area (Å²) in [6, 6.07) is 12.5. The minimum absolute atomic E-state index is 0.233. The van der Waals surface area contributed by atoms with Crippen molar-refractivity contribution in [3.05, 3.63) is 60.6 Å². The maximum Gasteiger partial charge on any atom is 0.255 e. The van der Waals surface area contributed by atoms with Crippen molar-refractivity contribution in [2.75, 3.05) is 18.5 Å². The van der Waals surface area contributed by atoms with E-state index < -0.39 is 0 Å². The average Bonchev–Trinajstić information content (AvgIpc) is 3.18. The van der Waals surface area contributed by atoms with Gasteiger partial charge in [0.05, 0.1) is 19.4 Å². The Morgan fingerprint density at radius 1 is 1.08 bits per heavy atom. The summed E-state index contributed by atoms with van der Waals surface area (Å²) in [4.78, 5) is 16.5. The first-order chi connectivity index (χ1) is 12.7. The van der Waals surface area contributed by atoms with Crippen molar-refractivity contribution < 1.29 is 18.7 Å². The van der Waals surface area contributed by atoms with Crippen LogP contribution in [0.3, 0.4) is 0 Å². The minimum atomic E-state index is -0.233. The molecule has 0 aliphatic heterocycles. The van der Waals surface area contributed by atoms with E-state index in [9.17, 15) is 4.79 Å². The highest BCUT2D eigenvalue weighted by molar-refractivity contribution is 6.04. The Morgan fingerprint density at radius 3 is 2.62 bits per heavy atom. The van der Waals surface area contributed by atoms with Crippen LogP contribution in [0.15, 0.2) is 59.5 Å². The van der Waals surface area contributed by atoms with Gasteiger partial charge in [-0.05, 0) is 44.2 Å². The van der Waals surface area contributed by atoms with Crippen LogP contribution in [-0.2, 0) is 0 Å². The zero-order valence-electron chi connectivity index (χ0n) is 14.7. The molecule has 0 aliphatic rings. The Labute approximate surface area is 151 Å². The average molecular weight is 352 g/mol. The van der Waals surface area contributed by atoms with E-state index >= 15 is 0 Å². The number of hydrogen-bond donors (Lipinski definition) is 1. The third-order valence-electron chi connectivity index (χ3n) is 3.64. The summed E-state index contributed by atoms with van der Waals surface area (Å²) in [5, 5.41) is 2.88. The lowest BCUT2D eigenvalue weighted by Gasteiger charge is -2.12. The number of amides is 1. The van der Waals surface area contributed by atoms with Crippen LogP contribution < -0.4 is 14.8 Å².